The monoisotopic (exact) mass is 351 g/mol. The third kappa shape index (κ3) is 2.92. The fourth-order valence-corrected chi connectivity index (χ4v) is 3.20. The molecule has 0 spiro atoms. The normalized spacial score (nSPS) is 14.8. The van der Waals surface area contributed by atoms with Gasteiger partial charge in [0.1, 0.15) is 12.4 Å². The van der Waals surface area contributed by atoms with Crippen LogP contribution in [-0.2, 0) is 0 Å². The van der Waals surface area contributed by atoms with Crippen molar-refractivity contribution in [2.45, 2.75) is 13.8 Å². The van der Waals surface area contributed by atoms with E-state index in [1.165, 1.54) is 0 Å². The number of carbonyl (C=O) groups excluding carboxylic acids is 1. The number of rotatable bonds is 1. The smallest absolute Gasteiger partial charge is 0.196 e. The van der Waals surface area contributed by atoms with Gasteiger partial charge in [-0.05, 0) is 48.1 Å². The second-order valence-corrected chi connectivity index (χ2v) is 6.13. The van der Waals surface area contributed by atoms with E-state index in [-0.39, 0.29) is 18.2 Å². The molecule has 1 aliphatic heterocycles. The topological polar surface area (TPSA) is 39.2 Å². The van der Waals surface area contributed by atoms with Gasteiger partial charge in [0, 0.05) is 23.4 Å². The molecule has 0 saturated heterocycles. The first-order chi connectivity index (χ1) is 11.6. The molecular formula is C21H18ClNO2. The Bertz CT molecular complexity index is 1000. The molecule has 0 atom stereocenters. The van der Waals surface area contributed by atoms with Crippen LogP contribution in [0.25, 0.3) is 16.8 Å². The Kier molecular flexibility index (Phi) is 4.60. The molecule has 0 fully saturated rings. The maximum atomic E-state index is 13.0. The number of ketones is 1. The van der Waals surface area contributed by atoms with Gasteiger partial charge in [-0.1, -0.05) is 30.3 Å². The summed E-state index contributed by atoms with van der Waals surface area (Å²) in [7, 11) is 0. The summed E-state index contributed by atoms with van der Waals surface area (Å²) in [5, 5.41) is 2.14. The van der Waals surface area contributed by atoms with Crippen molar-refractivity contribution in [3.8, 4) is 5.75 Å². The summed E-state index contributed by atoms with van der Waals surface area (Å²) in [5.41, 5.74) is 4.33. The number of carbonyl (C=O) groups is 1. The summed E-state index contributed by atoms with van der Waals surface area (Å²) in [5.74, 6) is 0.780. The van der Waals surface area contributed by atoms with E-state index in [0.29, 0.717) is 17.7 Å². The van der Waals surface area contributed by atoms with Crippen molar-refractivity contribution in [3.63, 3.8) is 0 Å². The van der Waals surface area contributed by atoms with Crippen LogP contribution in [0.1, 0.15) is 27.0 Å². The average molecular weight is 352 g/mol. The van der Waals surface area contributed by atoms with Crippen molar-refractivity contribution < 1.29 is 9.53 Å². The number of hydrogen-bond acceptors (Lipinski definition) is 3. The molecule has 4 heteroatoms. The van der Waals surface area contributed by atoms with Crippen LogP contribution < -0.4 is 4.74 Å². The van der Waals surface area contributed by atoms with E-state index in [2.05, 4.69) is 4.98 Å². The van der Waals surface area contributed by atoms with Crippen molar-refractivity contribution in [2.75, 3.05) is 6.61 Å². The molecule has 0 saturated carbocycles. The van der Waals surface area contributed by atoms with Crippen molar-refractivity contribution in [1.82, 2.24) is 4.98 Å². The standard InChI is InChI=1S/C21H17NO2.ClH/c1-13-6-7-14(2)21-19(13)20(23)17(12-24-21)10-15-4-3-5-16-11-22-9-8-18(15)16;/h3-11H,12H2,1-2H3;1H/b17-10-;. The number of aromatic nitrogens is 1. The van der Waals surface area contributed by atoms with Crippen LogP contribution >= 0.6 is 12.4 Å². The zero-order valence-electron chi connectivity index (χ0n) is 14.1. The molecule has 3 nitrogen and oxygen atoms in total. The van der Waals surface area contributed by atoms with Crippen molar-refractivity contribution >= 4 is 35.0 Å². The maximum Gasteiger partial charge on any atom is 0.196 e. The highest BCUT2D eigenvalue weighted by Gasteiger charge is 2.26. The fourth-order valence-electron chi connectivity index (χ4n) is 3.20. The molecule has 2 aromatic carbocycles. The Labute approximate surface area is 152 Å². The Hall–Kier alpha value is -2.65. The number of nitrogens with zero attached hydrogens (tertiary/aromatic N) is 1. The molecule has 0 N–H and O–H groups in total. The van der Waals surface area contributed by atoms with Crippen molar-refractivity contribution in [2.24, 2.45) is 0 Å². The van der Waals surface area contributed by atoms with Crippen LogP contribution in [0.2, 0.25) is 0 Å². The maximum absolute atomic E-state index is 13.0. The van der Waals surface area contributed by atoms with Crippen LogP contribution in [0.4, 0.5) is 0 Å². The second kappa shape index (κ2) is 6.69. The van der Waals surface area contributed by atoms with Gasteiger partial charge in [0.2, 0.25) is 0 Å². The minimum absolute atomic E-state index is 0. The summed E-state index contributed by atoms with van der Waals surface area (Å²) in [4.78, 5) is 17.1. The minimum atomic E-state index is 0. The summed E-state index contributed by atoms with van der Waals surface area (Å²) < 4.78 is 5.90. The highest BCUT2D eigenvalue weighted by Crippen LogP contribution is 2.34. The van der Waals surface area contributed by atoms with Crippen LogP contribution in [0, 0.1) is 13.8 Å². The van der Waals surface area contributed by atoms with E-state index in [1.54, 1.807) is 6.20 Å². The van der Waals surface area contributed by atoms with Crippen LogP contribution in [0.3, 0.4) is 0 Å². The number of benzene rings is 2. The summed E-state index contributed by atoms with van der Waals surface area (Å²) >= 11 is 0. The van der Waals surface area contributed by atoms with Crippen molar-refractivity contribution in [1.29, 1.82) is 0 Å². The first kappa shape index (κ1) is 17.2. The Morgan fingerprint density at radius 2 is 1.88 bits per heavy atom. The molecule has 0 aliphatic carbocycles. The van der Waals surface area contributed by atoms with Gasteiger partial charge in [-0.3, -0.25) is 9.78 Å². The third-order valence-electron chi connectivity index (χ3n) is 4.50. The average Bonchev–Trinajstić information content (AvgIpc) is 2.60. The predicted octanol–water partition coefficient (Wildman–Crippen LogP) is 4.93. The summed E-state index contributed by atoms with van der Waals surface area (Å²) in [6, 6.07) is 12.0. The van der Waals surface area contributed by atoms with Gasteiger partial charge < -0.3 is 4.74 Å². The first-order valence-electron chi connectivity index (χ1n) is 7.96. The number of Topliss-reactive ketones (excluding diaryl/α,β-unsaturated/α-hetero) is 1. The molecule has 1 aliphatic rings. The largest absolute Gasteiger partial charge is 0.488 e. The quantitative estimate of drug-likeness (QED) is 0.583. The zero-order chi connectivity index (χ0) is 16.7. The molecule has 2 heterocycles. The Balaban J connectivity index is 0.00000182. The van der Waals surface area contributed by atoms with Gasteiger partial charge >= 0.3 is 0 Å². The van der Waals surface area contributed by atoms with Crippen molar-refractivity contribution in [3.05, 3.63) is 76.6 Å². The van der Waals surface area contributed by atoms with E-state index < -0.39 is 0 Å². The van der Waals surface area contributed by atoms with Gasteiger partial charge in [0.25, 0.3) is 0 Å². The SMILES string of the molecule is Cc1ccc(C)c2c1OC/C(=C/c1cccc3cnccc13)C2=O.Cl. The number of pyridine rings is 1. The summed E-state index contributed by atoms with van der Waals surface area (Å²) in [6.07, 6.45) is 5.54. The predicted molar refractivity (Wildman–Crippen MR) is 103 cm³/mol. The lowest BCUT2D eigenvalue weighted by Crippen LogP contribution is -2.21. The number of halogens is 1. The third-order valence-corrected chi connectivity index (χ3v) is 4.50. The van der Waals surface area contributed by atoms with Gasteiger partial charge in [-0.15, -0.1) is 12.4 Å². The van der Waals surface area contributed by atoms with Crippen LogP contribution in [0.15, 0.2) is 54.4 Å². The van der Waals surface area contributed by atoms with Gasteiger partial charge in [0.05, 0.1) is 5.56 Å². The number of ether oxygens (including phenoxy) is 1. The van der Waals surface area contributed by atoms with E-state index in [4.69, 9.17) is 4.74 Å². The highest BCUT2D eigenvalue weighted by atomic mass is 35.5. The van der Waals surface area contributed by atoms with Crippen LogP contribution in [-0.4, -0.2) is 17.4 Å². The number of aryl methyl sites for hydroxylation is 2. The zero-order valence-corrected chi connectivity index (χ0v) is 14.9. The molecule has 1 aromatic heterocycles. The Morgan fingerprint density at radius 1 is 1.08 bits per heavy atom. The minimum Gasteiger partial charge on any atom is -0.488 e. The number of fused-ring (bicyclic) bond motifs is 2. The fraction of sp³-hybridized carbons (Fsp3) is 0.143. The lowest BCUT2D eigenvalue weighted by Gasteiger charge is -2.22. The molecule has 0 radical (unpaired) electrons. The van der Waals surface area contributed by atoms with Crippen LogP contribution in [0.5, 0.6) is 5.75 Å². The van der Waals surface area contributed by atoms with Gasteiger partial charge in [-0.2, -0.15) is 0 Å². The molecule has 126 valence electrons. The van der Waals surface area contributed by atoms with Gasteiger partial charge in [-0.25, -0.2) is 0 Å². The lowest BCUT2D eigenvalue weighted by atomic mass is 9.92. The molecule has 0 bridgehead atoms. The molecule has 0 unspecified atom stereocenters. The van der Waals surface area contributed by atoms with E-state index in [1.807, 2.05) is 62.5 Å². The summed E-state index contributed by atoms with van der Waals surface area (Å²) in [6.45, 7) is 4.22. The number of hydrogen-bond donors (Lipinski definition) is 0. The molecule has 25 heavy (non-hydrogen) atoms. The van der Waals surface area contributed by atoms with E-state index >= 15 is 0 Å². The first-order valence-corrected chi connectivity index (χ1v) is 7.96. The molecule has 3 aromatic rings. The van der Waals surface area contributed by atoms with E-state index in [9.17, 15) is 4.79 Å². The Morgan fingerprint density at radius 3 is 2.72 bits per heavy atom. The highest BCUT2D eigenvalue weighted by molar-refractivity contribution is 6.15. The molecule has 0 amide bonds. The second-order valence-electron chi connectivity index (χ2n) is 6.13. The molecule has 4 rings (SSSR count). The lowest BCUT2D eigenvalue weighted by molar-refractivity contribution is 0.0999. The van der Waals surface area contributed by atoms with E-state index in [0.717, 1.165) is 33.2 Å². The molecular weight excluding hydrogens is 334 g/mol. The van der Waals surface area contributed by atoms with Gasteiger partial charge in [0.15, 0.2) is 5.78 Å².